The molecule has 1 aromatic heterocycles. The van der Waals surface area contributed by atoms with E-state index in [4.69, 9.17) is 0 Å². The summed E-state index contributed by atoms with van der Waals surface area (Å²) in [6, 6.07) is -0.846. The second kappa shape index (κ2) is 6.28. The first kappa shape index (κ1) is 15.5. The van der Waals surface area contributed by atoms with E-state index < -0.39 is 12.1 Å². The number of aromatic nitrogens is 2. The van der Waals surface area contributed by atoms with E-state index in [9.17, 15) is 9.59 Å². The van der Waals surface area contributed by atoms with Crippen LogP contribution in [0.5, 0.6) is 0 Å². The topological polar surface area (TPSA) is 67.2 Å². The van der Waals surface area contributed by atoms with Crippen LogP contribution in [0, 0.1) is 5.92 Å². The molecule has 2 unspecified atom stereocenters. The Morgan fingerprint density at radius 2 is 2.10 bits per heavy atom. The highest BCUT2D eigenvalue weighted by molar-refractivity contribution is 5.96. The lowest BCUT2D eigenvalue weighted by molar-refractivity contribution is -0.149. The second-order valence-corrected chi connectivity index (χ2v) is 6.04. The predicted octanol–water partition coefficient (Wildman–Crippen LogP) is 1.16. The molecule has 2 amide bonds. The van der Waals surface area contributed by atoms with Gasteiger partial charge in [0.15, 0.2) is 0 Å². The van der Waals surface area contributed by atoms with Crippen LogP contribution in [0.1, 0.15) is 39.7 Å². The first-order chi connectivity index (χ1) is 9.92. The summed E-state index contributed by atoms with van der Waals surface area (Å²) < 4.78 is 1.82. The molecule has 0 radical (unpaired) electrons. The molecule has 2 rings (SSSR count). The van der Waals surface area contributed by atoms with Crippen LogP contribution in [-0.4, -0.2) is 38.6 Å². The van der Waals surface area contributed by atoms with Crippen molar-refractivity contribution in [1.82, 2.24) is 20.0 Å². The fourth-order valence-corrected chi connectivity index (χ4v) is 2.59. The van der Waals surface area contributed by atoms with Crippen molar-refractivity contribution < 1.29 is 9.59 Å². The third-order valence-electron chi connectivity index (χ3n) is 3.82. The first-order valence-electron chi connectivity index (χ1n) is 7.54. The van der Waals surface area contributed by atoms with Gasteiger partial charge in [-0.3, -0.25) is 14.3 Å². The van der Waals surface area contributed by atoms with Crippen molar-refractivity contribution in [2.45, 2.75) is 59.3 Å². The number of nitrogens with one attached hydrogen (secondary N) is 1. The number of nitrogens with zero attached hydrogens (tertiary/aromatic N) is 3. The standard InChI is InChI=1S/C15H24N4O2/c1-5-18-8-12(7-16-18)9-19-11(4)14(20)17-13(15(19)21)6-10(2)3/h7-8,10-11,13H,5-6,9H2,1-4H3,(H,17,20). The molecule has 1 aliphatic heterocycles. The highest BCUT2D eigenvalue weighted by Gasteiger charge is 2.38. The summed E-state index contributed by atoms with van der Waals surface area (Å²) in [5.41, 5.74) is 0.954. The SMILES string of the molecule is CCn1cc(CN2C(=O)C(CC(C)C)NC(=O)C2C)cn1. The lowest BCUT2D eigenvalue weighted by atomic mass is 9.98. The van der Waals surface area contributed by atoms with Crippen molar-refractivity contribution in [1.29, 1.82) is 0 Å². The van der Waals surface area contributed by atoms with Crippen LogP contribution in [0.15, 0.2) is 12.4 Å². The van der Waals surface area contributed by atoms with Crippen LogP contribution in [0.2, 0.25) is 0 Å². The summed E-state index contributed by atoms with van der Waals surface area (Å²) >= 11 is 0. The Labute approximate surface area is 125 Å². The number of rotatable bonds is 5. The normalized spacial score (nSPS) is 22.8. The summed E-state index contributed by atoms with van der Waals surface area (Å²) in [5, 5.41) is 7.04. The number of hydrogen-bond donors (Lipinski definition) is 1. The van der Waals surface area contributed by atoms with Gasteiger partial charge < -0.3 is 10.2 Å². The minimum atomic E-state index is -0.439. The molecule has 0 spiro atoms. The predicted molar refractivity (Wildman–Crippen MR) is 79.3 cm³/mol. The van der Waals surface area contributed by atoms with E-state index in [2.05, 4.69) is 10.4 Å². The highest BCUT2D eigenvalue weighted by atomic mass is 16.2. The molecule has 21 heavy (non-hydrogen) atoms. The van der Waals surface area contributed by atoms with Gasteiger partial charge in [0.25, 0.3) is 0 Å². The molecule has 0 saturated carbocycles. The number of piperazine rings is 1. The third kappa shape index (κ3) is 3.43. The third-order valence-corrected chi connectivity index (χ3v) is 3.82. The molecule has 0 bridgehead atoms. The van der Waals surface area contributed by atoms with Crippen LogP contribution >= 0.6 is 0 Å². The first-order valence-corrected chi connectivity index (χ1v) is 7.54. The van der Waals surface area contributed by atoms with Crippen molar-refractivity contribution in [2.24, 2.45) is 5.92 Å². The van der Waals surface area contributed by atoms with Crippen LogP contribution in [0.3, 0.4) is 0 Å². The van der Waals surface area contributed by atoms with Crippen molar-refractivity contribution >= 4 is 11.8 Å². The summed E-state index contributed by atoms with van der Waals surface area (Å²) in [4.78, 5) is 26.3. The molecule has 6 nitrogen and oxygen atoms in total. The van der Waals surface area contributed by atoms with Crippen LogP contribution in [0.25, 0.3) is 0 Å². The molecule has 0 aromatic carbocycles. The molecular weight excluding hydrogens is 268 g/mol. The smallest absolute Gasteiger partial charge is 0.246 e. The van der Waals surface area contributed by atoms with Crippen LogP contribution < -0.4 is 5.32 Å². The fraction of sp³-hybridized carbons (Fsp3) is 0.667. The molecule has 1 fully saturated rings. The van der Waals surface area contributed by atoms with Crippen molar-refractivity contribution in [3.05, 3.63) is 18.0 Å². The molecule has 1 saturated heterocycles. The monoisotopic (exact) mass is 292 g/mol. The quantitative estimate of drug-likeness (QED) is 0.885. The molecule has 1 aromatic rings. The molecule has 2 heterocycles. The van der Waals surface area contributed by atoms with E-state index in [1.54, 1.807) is 18.0 Å². The maximum absolute atomic E-state index is 12.6. The van der Waals surface area contributed by atoms with Crippen LogP contribution in [-0.2, 0) is 22.7 Å². The zero-order valence-electron chi connectivity index (χ0n) is 13.2. The zero-order valence-corrected chi connectivity index (χ0v) is 13.2. The molecular formula is C15H24N4O2. The zero-order chi connectivity index (χ0) is 15.6. The molecule has 1 N–H and O–H groups in total. The van der Waals surface area contributed by atoms with Gasteiger partial charge in [0, 0.05) is 24.8 Å². The number of hydrogen-bond acceptors (Lipinski definition) is 3. The second-order valence-electron chi connectivity index (χ2n) is 6.04. The minimum absolute atomic E-state index is 0.0000449. The Bertz CT molecular complexity index is 523. The Morgan fingerprint density at radius 3 is 2.67 bits per heavy atom. The Balaban J connectivity index is 2.14. The molecule has 0 aliphatic carbocycles. The van der Waals surface area contributed by atoms with Gasteiger partial charge in [-0.15, -0.1) is 0 Å². The van der Waals surface area contributed by atoms with Gasteiger partial charge in [-0.25, -0.2) is 0 Å². The Morgan fingerprint density at radius 1 is 1.38 bits per heavy atom. The van der Waals surface area contributed by atoms with Gasteiger partial charge in [0.1, 0.15) is 12.1 Å². The summed E-state index contributed by atoms with van der Waals surface area (Å²) in [5.74, 6) is 0.278. The van der Waals surface area contributed by atoms with Gasteiger partial charge in [-0.05, 0) is 26.2 Å². The lowest BCUT2D eigenvalue weighted by Crippen LogP contribution is -2.62. The van der Waals surface area contributed by atoms with Crippen LogP contribution in [0.4, 0.5) is 0 Å². The van der Waals surface area contributed by atoms with E-state index >= 15 is 0 Å². The molecule has 2 atom stereocenters. The molecule has 1 aliphatic rings. The number of carbonyl (C=O) groups is 2. The van der Waals surface area contributed by atoms with E-state index in [1.807, 2.05) is 31.6 Å². The van der Waals surface area contributed by atoms with Crippen molar-refractivity contribution in [3.8, 4) is 0 Å². The van der Waals surface area contributed by atoms with Gasteiger partial charge >= 0.3 is 0 Å². The largest absolute Gasteiger partial charge is 0.343 e. The van der Waals surface area contributed by atoms with Gasteiger partial charge in [0.2, 0.25) is 11.8 Å². The number of amides is 2. The maximum atomic E-state index is 12.6. The average molecular weight is 292 g/mol. The summed E-state index contributed by atoms with van der Waals surface area (Å²) in [6.45, 7) is 9.10. The summed E-state index contributed by atoms with van der Waals surface area (Å²) in [6.07, 6.45) is 4.35. The molecule has 116 valence electrons. The Kier molecular flexibility index (Phi) is 4.65. The van der Waals surface area contributed by atoms with Gasteiger partial charge in [0.05, 0.1) is 6.20 Å². The Hall–Kier alpha value is -1.85. The molecule has 6 heteroatoms. The summed E-state index contributed by atoms with van der Waals surface area (Å²) in [7, 11) is 0. The lowest BCUT2D eigenvalue weighted by Gasteiger charge is -2.37. The van der Waals surface area contributed by atoms with Gasteiger partial charge in [-0.1, -0.05) is 13.8 Å². The van der Waals surface area contributed by atoms with Crippen molar-refractivity contribution in [2.75, 3.05) is 0 Å². The van der Waals surface area contributed by atoms with E-state index in [0.717, 1.165) is 12.1 Å². The van der Waals surface area contributed by atoms with E-state index in [0.29, 0.717) is 18.9 Å². The highest BCUT2D eigenvalue weighted by Crippen LogP contribution is 2.18. The van der Waals surface area contributed by atoms with E-state index in [1.165, 1.54) is 0 Å². The average Bonchev–Trinajstić information content (AvgIpc) is 2.88. The minimum Gasteiger partial charge on any atom is -0.343 e. The van der Waals surface area contributed by atoms with Gasteiger partial charge in [-0.2, -0.15) is 5.10 Å². The fourth-order valence-electron chi connectivity index (χ4n) is 2.59. The number of carbonyl (C=O) groups excluding carboxylic acids is 2. The maximum Gasteiger partial charge on any atom is 0.246 e. The van der Waals surface area contributed by atoms with Crippen molar-refractivity contribution in [3.63, 3.8) is 0 Å². The van der Waals surface area contributed by atoms with E-state index in [-0.39, 0.29) is 11.8 Å². The number of aryl methyl sites for hydroxylation is 1.